The van der Waals surface area contributed by atoms with Gasteiger partial charge in [-0.1, -0.05) is 55.3 Å². The van der Waals surface area contributed by atoms with Crippen LogP contribution in [0.1, 0.15) is 42.4 Å². The Labute approximate surface area is 200 Å². The number of hydrogen-bond donors (Lipinski definition) is 1. The number of carbonyl (C=O) groups is 3. The molecule has 0 bridgehead atoms. The fourth-order valence-corrected chi connectivity index (χ4v) is 5.61. The van der Waals surface area contributed by atoms with Crippen molar-refractivity contribution in [2.45, 2.75) is 64.3 Å². The molecule has 2 aliphatic heterocycles. The number of urea groups is 1. The van der Waals surface area contributed by atoms with Crippen molar-refractivity contribution in [3.8, 4) is 0 Å². The smallest absolute Gasteiger partial charge is 0.327 e. The molecule has 7 nitrogen and oxygen atoms in total. The molecular weight excluding hydrogens is 430 g/mol. The summed E-state index contributed by atoms with van der Waals surface area (Å²) in [6.07, 6.45) is 3.14. The third kappa shape index (κ3) is 4.20. The standard InChI is InChI=1S/C27H31N3O4/c1-17-12-13-18(2)21(14-17)28-23(31)16-29-24-20-10-6-7-11-22(20)34-25(24)26(32)30(27(29)33)15-19-8-4-3-5-9-19/h3-5,8-9,12-14,20,22,24-25H,6-7,10-11,15-16H2,1-2H3,(H,28,31). The monoisotopic (exact) mass is 461 g/mol. The van der Waals surface area contributed by atoms with Crippen molar-refractivity contribution in [2.75, 3.05) is 11.9 Å². The molecule has 0 radical (unpaired) electrons. The highest BCUT2D eigenvalue weighted by Crippen LogP contribution is 2.43. The van der Waals surface area contributed by atoms with Gasteiger partial charge in [0.25, 0.3) is 5.91 Å². The largest absolute Gasteiger partial charge is 0.363 e. The van der Waals surface area contributed by atoms with Gasteiger partial charge in [0.2, 0.25) is 5.91 Å². The third-order valence-electron chi connectivity index (χ3n) is 7.33. The van der Waals surface area contributed by atoms with Crippen LogP contribution in [0, 0.1) is 19.8 Å². The molecule has 4 atom stereocenters. The average molecular weight is 462 g/mol. The van der Waals surface area contributed by atoms with Gasteiger partial charge < -0.3 is 15.0 Å². The predicted molar refractivity (Wildman–Crippen MR) is 128 cm³/mol. The molecule has 0 aromatic heterocycles. The number of benzene rings is 2. The van der Waals surface area contributed by atoms with E-state index in [1.54, 1.807) is 4.90 Å². The quantitative estimate of drug-likeness (QED) is 0.729. The number of aryl methyl sites for hydroxylation is 2. The first kappa shape index (κ1) is 22.6. The van der Waals surface area contributed by atoms with Crippen molar-refractivity contribution in [2.24, 2.45) is 5.92 Å². The second kappa shape index (κ2) is 9.22. The minimum Gasteiger partial charge on any atom is -0.363 e. The van der Waals surface area contributed by atoms with E-state index in [1.807, 2.05) is 62.4 Å². The van der Waals surface area contributed by atoms with Crippen LogP contribution in [-0.4, -0.2) is 52.4 Å². The summed E-state index contributed by atoms with van der Waals surface area (Å²) >= 11 is 0. The molecule has 1 aliphatic carbocycles. The first-order chi connectivity index (χ1) is 16.4. The number of anilines is 1. The van der Waals surface area contributed by atoms with E-state index in [4.69, 9.17) is 4.74 Å². The lowest BCUT2D eigenvalue weighted by Crippen LogP contribution is -2.65. The molecule has 1 saturated carbocycles. The third-order valence-corrected chi connectivity index (χ3v) is 7.33. The topological polar surface area (TPSA) is 79.0 Å². The van der Waals surface area contributed by atoms with Crippen molar-refractivity contribution in [1.29, 1.82) is 0 Å². The summed E-state index contributed by atoms with van der Waals surface area (Å²) in [5.74, 6) is -0.479. The number of amides is 4. The number of fused-ring (bicyclic) bond motifs is 3. The molecule has 0 spiro atoms. The molecule has 4 amide bonds. The molecule has 7 heteroatoms. The molecule has 3 fully saturated rings. The van der Waals surface area contributed by atoms with Gasteiger partial charge in [-0.15, -0.1) is 0 Å². The second-order valence-electron chi connectivity index (χ2n) is 9.72. The number of rotatable bonds is 5. The van der Waals surface area contributed by atoms with Gasteiger partial charge in [0.05, 0.1) is 18.7 Å². The number of ether oxygens (including phenoxy) is 1. The van der Waals surface area contributed by atoms with Gasteiger partial charge in [0, 0.05) is 11.6 Å². The van der Waals surface area contributed by atoms with E-state index in [9.17, 15) is 14.4 Å². The van der Waals surface area contributed by atoms with Gasteiger partial charge in [0.1, 0.15) is 6.54 Å². The SMILES string of the molecule is Cc1ccc(C)c(NC(=O)CN2C(=O)N(Cc3ccccc3)C(=O)C3OC4CCCCC4C32)c1. The molecule has 1 N–H and O–H groups in total. The van der Waals surface area contributed by atoms with Crippen LogP contribution in [0.15, 0.2) is 48.5 Å². The van der Waals surface area contributed by atoms with Crippen LogP contribution >= 0.6 is 0 Å². The number of nitrogens with one attached hydrogen (secondary N) is 1. The highest BCUT2D eigenvalue weighted by Gasteiger charge is 2.57. The number of carbonyl (C=O) groups excluding carboxylic acids is 3. The van der Waals surface area contributed by atoms with E-state index in [2.05, 4.69) is 5.32 Å². The Morgan fingerprint density at radius 2 is 1.82 bits per heavy atom. The Morgan fingerprint density at radius 3 is 2.62 bits per heavy atom. The van der Waals surface area contributed by atoms with Gasteiger partial charge in [-0.05, 0) is 49.4 Å². The minimum absolute atomic E-state index is 0.0400. The minimum atomic E-state index is -0.719. The number of imide groups is 1. The molecule has 2 heterocycles. The van der Waals surface area contributed by atoms with Crippen LogP contribution < -0.4 is 5.32 Å². The van der Waals surface area contributed by atoms with E-state index < -0.39 is 18.2 Å². The lowest BCUT2D eigenvalue weighted by Gasteiger charge is -2.43. The molecule has 5 rings (SSSR count). The normalized spacial score (nSPS) is 26.3. The highest BCUT2D eigenvalue weighted by atomic mass is 16.5. The Hall–Kier alpha value is -3.19. The summed E-state index contributed by atoms with van der Waals surface area (Å²) in [4.78, 5) is 43.1. The number of hydrogen-bond acceptors (Lipinski definition) is 4. The Morgan fingerprint density at radius 1 is 1.06 bits per heavy atom. The molecule has 2 aromatic carbocycles. The maximum atomic E-state index is 13.7. The molecular formula is C27H31N3O4. The van der Waals surface area contributed by atoms with Crippen LogP contribution in [0.25, 0.3) is 0 Å². The van der Waals surface area contributed by atoms with Crippen LogP contribution in [0.3, 0.4) is 0 Å². The molecule has 34 heavy (non-hydrogen) atoms. The van der Waals surface area contributed by atoms with Gasteiger partial charge in [-0.2, -0.15) is 0 Å². The lowest BCUT2D eigenvalue weighted by molar-refractivity contribution is -0.147. The second-order valence-corrected chi connectivity index (χ2v) is 9.72. The van der Waals surface area contributed by atoms with E-state index in [-0.39, 0.29) is 36.9 Å². The number of nitrogens with zero attached hydrogens (tertiary/aromatic N) is 2. The zero-order valence-corrected chi connectivity index (χ0v) is 19.7. The lowest BCUT2D eigenvalue weighted by atomic mass is 9.81. The van der Waals surface area contributed by atoms with Gasteiger partial charge in [0.15, 0.2) is 6.10 Å². The maximum absolute atomic E-state index is 13.7. The predicted octanol–water partition coefficient (Wildman–Crippen LogP) is 4.03. The summed E-state index contributed by atoms with van der Waals surface area (Å²) in [5.41, 5.74) is 3.60. The highest BCUT2D eigenvalue weighted by molar-refractivity contribution is 6.02. The summed E-state index contributed by atoms with van der Waals surface area (Å²) < 4.78 is 6.25. The van der Waals surface area contributed by atoms with E-state index in [1.165, 1.54) is 4.90 Å². The van der Waals surface area contributed by atoms with E-state index in [0.717, 1.165) is 48.1 Å². The van der Waals surface area contributed by atoms with E-state index >= 15 is 0 Å². The Bertz CT molecular complexity index is 1100. The van der Waals surface area contributed by atoms with Gasteiger partial charge in [-0.3, -0.25) is 14.5 Å². The molecule has 3 aliphatic rings. The fourth-order valence-electron chi connectivity index (χ4n) is 5.61. The molecule has 178 valence electrons. The van der Waals surface area contributed by atoms with Gasteiger partial charge >= 0.3 is 6.03 Å². The van der Waals surface area contributed by atoms with Crippen LogP contribution in [-0.2, 0) is 20.9 Å². The maximum Gasteiger partial charge on any atom is 0.327 e. The summed E-state index contributed by atoms with van der Waals surface area (Å²) in [6, 6.07) is 14.5. The Balaban J connectivity index is 1.42. The van der Waals surface area contributed by atoms with Crippen LogP contribution in [0.4, 0.5) is 10.5 Å². The van der Waals surface area contributed by atoms with Crippen LogP contribution in [0.2, 0.25) is 0 Å². The molecule has 4 unspecified atom stereocenters. The van der Waals surface area contributed by atoms with E-state index in [0.29, 0.717) is 0 Å². The first-order valence-corrected chi connectivity index (χ1v) is 12.1. The fraction of sp³-hybridized carbons (Fsp3) is 0.444. The van der Waals surface area contributed by atoms with Crippen molar-refractivity contribution >= 4 is 23.5 Å². The zero-order chi connectivity index (χ0) is 23.8. The van der Waals surface area contributed by atoms with Crippen molar-refractivity contribution in [3.05, 3.63) is 65.2 Å². The summed E-state index contributed by atoms with van der Waals surface area (Å²) in [6.45, 7) is 3.96. The van der Waals surface area contributed by atoms with Crippen molar-refractivity contribution in [1.82, 2.24) is 9.80 Å². The summed E-state index contributed by atoms with van der Waals surface area (Å²) in [5, 5.41) is 2.97. The first-order valence-electron chi connectivity index (χ1n) is 12.1. The average Bonchev–Trinajstić information content (AvgIpc) is 3.22. The summed E-state index contributed by atoms with van der Waals surface area (Å²) in [7, 11) is 0. The van der Waals surface area contributed by atoms with Crippen molar-refractivity contribution in [3.63, 3.8) is 0 Å². The molecule has 2 aromatic rings. The zero-order valence-electron chi connectivity index (χ0n) is 19.7. The molecule has 2 saturated heterocycles. The van der Waals surface area contributed by atoms with Gasteiger partial charge in [-0.25, -0.2) is 4.79 Å². The van der Waals surface area contributed by atoms with Crippen molar-refractivity contribution < 1.29 is 19.1 Å². The Kier molecular flexibility index (Phi) is 6.13. The van der Waals surface area contributed by atoms with Crippen LogP contribution in [0.5, 0.6) is 0 Å².